The van der Waals surface area contributed by atoms with Crippen molar-refractivity contribution in [3.63, 3.8) is 0 Å². The number of nitrogens with two attached hydrogens (primary N) is 1. The fourth-order valence-electron chi connectivity index (χ4n) is 1.46. The van der Waals surface area contributed by atoms with E-state index in [1.54, 1.807) is 14.0 Å². The van der Waals surface area contributed by atoms with Crippen molar-refractivity contribution in [2.75, 3.05) is 26.4 Å². The van der Waals surface area contributed by atoms with Crippen LogP contribution >= 0.6 is 0 Å². The van der Waals surface area contributed by atoms with Crippen LogP contribution in [0.1, 0.15) is 17.4 Å². The molecule has 0 saturated heterocycles. The number of carbonyl (C=O) groups excluding carboxylic acids is 2. The standard InChI is InChI=1S/C11H16N4O3/c1-7(11(17)18-3)6-15(2)10(16)8-9(12)14-5-4-13-8/h4-5,7H,6H2,1-3H3,(H2,12,14)/t7-/m0/s1. The predicted octanol–water partition coefficient (Wildman–Crippen LogP) is -0.0601. The molecule has 2 N–H and O–H groups in total. The SMILES string of the molecule is COC(=O)[C@@H](C)CN(C)C(=O)c1nccnc1N. The molecule has 1 rings (SSSR count). The summed E-state index contributed by atoms with van der Waals surface area (Å²) < 4.78 is 4.59. The first-order chi connectivity index (χ1) is 8.47. The summed E-state index contributed by atoms with van der Waals surface area (Å²) in [5, 5.41) is 0. The summed E-state index contributed by atoms with van der Waals surface area (Å²) >= 11 is 0. The number of hydrogen-bond acceptors (Lipinski definition) is 6. The van der Waals surface area contributed by atoms with Gasteiger partial charge in [-0.2, -0.15) is 0 Å². The topological polar surface area (TPSA) is 98.4 Å². The van der Waals surface area contributed by atoms with Crippen molar-refractivity contribution in [2.24, 2.45) is 5.92 Å². The van der Waals surface area contributed by atoms with Gasteiger partial charge in [-0.1, -0.05) is 6.92 Å². The quantitative estimate of drug-likeness (QED) is 0.754. The highest BCUT2D eigenvalue weighted by Gasteiger charge is 2.21. The minimum Gasteiger partial charge on any atom is -0.469 e. The van der Waals surface area contributed by atoms with Crippen LogP contribution in [0.3, 0.4) is 0 Å². The molecule has 0 saturated carbocycles. The molecule has 1 amide bonds. The molecule has 1 heterocycles. The summed E-state index contributed by atoms with van der Waals surface area (Å²) in [6.07, 6.45) is 2.80. The van der Waals surface area contributed by atoms with Crippen LogP contribution in [0.2, 0.25) is 0 Å². The Bertz CT molecular complexity index is 450. The lowest BCUT2D eigenvalue weighted by Crippen LogP contribution is -2.35. The molecule has 18 heavy (non-hydrogen) atoms. The van der Waals surface area contributed by atoms with Crippen molar-refractivity contribution >= 4 is 17.7 Å². The second-order valence-corrected chi connectivity index (χ2v) is 3.90. The van der Waals surface area contributed by atoms with Gasteiger partial charge in [-0.25, -0.2) is 9.97 Å². The summed E-state index contributed by atoms with van der Waals surface area (Å²) in [5.41, 5.74) is 5.64. The Balaban J connectivity index is 2.74. The van der Waals surface area contributed by atoms with Crippen molar-refractivity contribution in [3.05, 3.63) is 18.1 Å². The van der Waals surface area contributed by atoms with E-state index in [2.05, 4.69) is 14.7 Å². The van der Waals surface area contributed by atoms with E-state index in [4.69, 9.17) is 5.73 Å². The molecule has 1 aromatic heterocycles. The van der Waals surface area contributed by atoms with E-state index in [0.29, 0.717) is 0 Å². The zero-order chi connectivity index (χ0) is 13.7. The first kappa shape index (κ1) is 13.9. The Morgan fingerprint density at radius 1 is 1.44 bits per heavy atom. The predicted molar refractivity (Wildman–Crippen MR) is 64.6 cm³/mol. The van der Waals surface area contributed by atoms with Crippen molar-refractivity contribution in [2.45, 2.75) is 6.92 Å². The van der Waals surface area contributed by atoms with Crippen LogP contribution < -0.4 is 5.73 Å². The minimum atomic E-state index is -0.415. The van der Waals surface area contributed by atoms with E-state index in [1.807, 2.05) is 0 Å². The van der Waals surface area contributed by atoms with Gasteiger partial charge in [0.2, 0.25) is 0 Å². The monoisotopic (exact) mass is 252 g/mol. The number of nitrogen functional groups attached to an aromatic ring is 1. The third-order valence-corrected chi connectivity index (χ3v) is 2.43. The number of aromatic nitrogens is 2. The van der Waals surface area contributed by atoms with E-state index in [1.165, 1.54) is 24.4 Å². The average Bonchev–Trinajstić information content (AvgIpc) is 2.37. The van der Waals surface area contributed by atoms with Crippen molar-refractivity contribution in [3.8, 4) is 0 Å². The van der Waals surface area contributed by atoms with E-state index in [-0.39, 0.29) is 29.9 Å². The van der Waals surface area contributed by atoms with Crippen LogP contribution in [0.4, 0.5) is 5.82 Å². The molecule has 7 heteroatoms. The number of rotatable bonds is 4. The molecule has 0 spiro atoms. The number of carbonyl (C=O) groups is 2. The van der Waals surface area contributed by atoms with E-state index in [0.717, 1.165) is 0 Å². The fraction of sp³-hybridized carbons (Fsp3) is 0.455. The molecule has 0 aromatic carbocycles. The third-order valence-electron chi connectivity index (χ3n) is 2.43. The third kappa shape index (κ3) is 3.16. The van der Waals surface area contributed by atoms with Crippen molar-refractivity contribution in [1.82, 2.24) is 14.9 Å². The number of esters is 1. The molecule has 98 valence electrons. The maximum atomic E-state index is 12.0. The van der Waals surface area contributed by atoms with Gasteiger partial charge in [0.15, 0.2) is 11.5 Å². The van der Waals surface area contributed by atoms with Gasteiger partial charge in [0.1, 0.15) is 0 Å². The Morgan fingerprint density at radius 3 is 2.61 bits per heavy atom. The average molecular weight is 252 g/mol. The summed E-state index contributed by atoms with van der Waals surface area (Å²) in [6, 6.07) is 0. The second-order valence-electron chi connectivity index (χ2n) is 3.90. The van der Waals surface area contributed by atoms with Gasteiger partial charge in [-0.3, -0.25) is 9.59 Å². The van der Waals surface area contributed by atoms with Gasteiger partial charge in [-0.15, -0.1) is 0 Å². The summed E-state index contributed by atoms with van der Waals surface area (Å²) in [6.45, 7) is 1.90. The molecule has 0 bridgehead atoms. The molecule has 0 aliphatic carbocycles. The molecule has 0 unspecified atom stereocenters. The number of anilines is 1. The van der Waals surface area contributed by atoms with Crippen LogP contribution in [0.5, 0.6) is 0 Å². The summed E-state index contributed by atoms with van der Waals surface area (Å²) in [7, 11) is 2.87. The Hall–Kier alpha value is -2.18. The van der Waals surface area contributed by atoms with Crippen LogP contribution in [-0.4, -0.2) is 47.4 Å². The first-order valence-electron chi connectivity index (χ1n) is 5.37. The maximum absolute atomic E-state index is 12.0. The second kappa shape index (κ2) is 5.95. The highest BCUT2D eigenvalue weighted by atomic mass is 16.5. The summed E-state index contributed by atoms with van der Waals surface area (Å²) in [5.74, 6) is -1.10. The number of hydrogen-bond donors (Lipinski definition) is 1. The molecule has 0 aliphatic heterocycles. The van der Waals surface area contributed by atoms with Crippen LogP contribution in [0, 0.1) is 5.92 Å². The molecule has 1 aromatic rings. The fourth-order valence-corrected chi connectivity index (χ4v) is 1.46. The van der Waals surface area contributed by atoms with E-state index < -0.39 is 5.92 Å². The minimum absolute atomic E-state index is 0.0695. The molecule has 7 nitrogen and oxygen atoms in total. The van der Waals surface area contributed by atoms with E-state index in [9.17, 15) is 9.59 Å². The highest BCUT2D eigenvalue weighted by Crippen LogP contribution is 2.08. The zero-order valence-electron chi connectivity index (χ0n) is 10.6. The number of ether oxygens (including phenoxy) is 1. The Labute approximate surface area is 105 Å². The molecule has 1 atom stereocenters. The Kier molecular flexibility index (Phi) is 4.59. The summed E-state index contributed by atoms with van der Waals surface area (Å²) in [4.78, 5) is 32.3. The van der Waals surface area contributed by atoms with Crippen molar-refractivity contribution < 1.29 is 14.3 Å². The van der Waals surface area contributed by atoms with Gasteiger partial charge in [0.05, 0.1) is 13.0 Å². The largest absolute Gasteiger partial charge is 0.469 e. The normalized spacial score (nSPS) is 11.7. The van der Waals surface area contributed by atoms with Gasteiger partial charge in [-0.05, 0) is 0 Å². The molecular weight excluding hydrogens is 236 g/mol. The van der Waals surface area contributed by atoms with Crippen LogP contribution in [-0.2, 0) is 9.53 Å². The number of methoxy groups -OCH3 is 1. The Morgan fingerprint density at radius 2 is 2.06 bits per heavy atom. The van der Waals surface area contributed by atoms with Crippen molar-refractivity contribution in [1.29, 1.82) is 0 Å². The number of nitrogens with zero attached hydrogens (tertiary/aromatic N) is 3. The van der Waals surface area contributed by atoms with Gasteiger partial charge < -0.3 is 15.4 Å². The molecular formula is C11H16N4O3. The zero-order valence-corrected chi connectivity index (χ0v) is 10.6. The first-order valence-corrected chi connectivity index (χ1v) is 5.37. The lowest BCUT2D eigenvalue weighted by molar-refractivity contribution is -0.145. The van der Waals surface area contributed by atoms with Gasteiger partial charge >= 0.3 is 5.97 Å². The molecule has 0 radical (unpaired) electrons. The highest BCUT2D eigenvalue weighted by molar-refractivity contribution is 5.96. The lowest BCUT2D eigenvalue weighted by Gasteiger charge is -2.20. The van der Waals surface area contributed by atoms with Crippen LogP contribution in [0.25, 0.3) is 0 Å². The van der Waals surface area contributed by atoms with Crippen LogP contribution in [0.15, 0.2) is 12.4 Å². The molecule has 0 aliphatic rings. The maximum Gasteiger partial charge on any atom is 0.310 e. The van der Waals surface area contributed by atoms with Gasteiger partial charge in [0, 0.05) is 26.0 Å². The molecule has 0 fully saturated rings. The van der Waals surface area contributed by atoms with E-state index >= 15 is 0 Å². The lowest BCUT2D eigenvalue weighted by atomic mass is 10.1. The number of amides is 1. The van der Waals surface area contributed by atoms with Gasteiger partial charge in [0.25, 0.3) is 5.91 Å². The smallest absolute Gasteiger partial charge is 0.310 e.